The van der Waals surface area contributed by atoms with Crippen LogP contribution >= 0.6 is 11.6 Å². The number of halogens is 4. The highest BCUT2D eigenvalue weighted by Gasteiger charge is 2.34. The summed E-state index contributed by atoms with van der Waals surface area (Å²) < 4.78 is 64.4. The van der Waals surface area contributed by atoms with E-state index < -0.39 is 21.7 Å². The Morgan fingerprint density at radius 3 is 2.50 bits per heavy atom. The lowest BCUT2D eigenvalue weighted by molar-refractivity contribution is -0.141. The predicted octanol–water partition coefficient (Wildman–Crippen LogP) is 2.89. The summed E-state index contributed by atoms with van der Waals surface area (Å²) in [6.07, 6.45) is -4.68. The molecule has 12 heteroatoms. The van der Waals surface area contributed by atoms with Gasteiger partial charge in [-0.25, -0.2) is 18.4 Å². The van der Waals surface area contributed by atoms with Crippen LogP contribution in [-0.4, -0.2) is 38.9 Å². The zero-order valence-corrected chi connectivity index (χ0v) is 15.0. The van der Waals surface area contributed by atoms with E-state index in [9.17, 15) is 21.6 Å². The number of sulfone groups is 1. The van der Waals surface area contributed by atoms with Crippen LogP contribution in [0.2, 0.25) is 5.15 Å². The third-order valence-corrected chi connectivity index (χ3v) is 5.63. The van der Waals surface area contributed by atoms with Gasteiger partial charge in [-0.1, -0.05) is 18.5 Å². The Bertz CT molecular complexity index is 1110. The van der Waals surface area contributed by atoms with Crippen LogP contribution < -0.4 is 0 Å². The Hall–Kier alpha value is -2.27. The third-order valence-electron chi connectivity index (χ3n) is 3.66. The van der Waals surface area contributed by atoms with Crippen LogP contribution in [0, 0.1) is 0 Å². The second-order valence-electron chi connectivity index (χ2n) is 5.31. The average molecular weight is 406 g/mol. The molecule has 0 saturated carbocycles. The lowest BCUT2D eigenvalue weighted by Crippen LogP contribution is -2.09. The highest BCUT2D eigenvalue weighted by molar-refractivity contribution is 7.91. The van der Waals surface area contributed by atoms with Crippen LogP contribution in [0.25, 0.3) is 22.7 Å². The number of aromatic nitrogens is 5. The van der Waals surface area contributed by atoms with E-state index in [-0.39, 0.29) is 38.5 Å². The molecule has 138 valence electrons. The van der Waals surface area contributed by atoms with Gasteiger partial charge in [-0.05, 0) is 12.1 Å². The number of nitrogens with zero attached hydrogens (tertiary/aromatic N) is 5. The zero-order chi connectivity index (χ0) is 19.3. The minimum absolute atomic E-state index is 0.0168. The van der Waals surface area contributed by atoms with E-state index in [4.69, 9.17) is 11.6 Å². The Morgan fingerprint density at radius 2 is 1.88 bits per heavy atom. The number of alkyl halides is 3. The van der Waals surface area contributed by atoms with E-state index >= 15 is 0 Å². The number of rotatable bonds is 3. The van der Waals surface area contributed by atoms with Crippen molar-refractivity contribution >= 4 is 32.6 Å². The maximum Gasteiger partial charge on any atom is 0.435 e. The number of pyridine rings is 1. The van der Waals surface area contributed by atoms with Gasteiger partial charge in [0, 0.05) is 13.1 Å². The lowest BCUT2D eigenvalue weighted by atomic mass is 10.3. The largest absolute Gasteiger partial charge is 0.435 e. The first-order valence-electron chi connectivity index (χ1n) is 7.21. The van der Waals surface area contributed by atoms with Gasteiger partial charge in [0.05, 0.1) is 10.6 Å². The van der Waals surface area contributed by atoms with Gasteiger partial charge in [-0.15, -0.1) is 10.2 Å². The highest BCUT2D eigenvalue weighted by Crippen LogP contribution is 2.32. The number of fused-ring (bicyclic) bond motifs is 1. The number of imidazole rings is 1. The first kappa shape index (κ1) is 18.5. The van der Waals surface area contributed by atoms with E-state index in [2.05, 4.69) is 20.2 Å². The molecule has 0 atom stereocenters. The van der Waals surface area contributed by atoms with Gasteiger partial charge in [0.25, 0.3) is 0 Å². The fraction of sp³-hybridized carbons (Fsp3) is 0.286. The monoisotopic (exact) mass is 405 g/mol. The number of hydrogen-bond acceptors (Lipinski definition) is 6. The average Bonchev–Trinajstić information content (AvgIpc) is 2.90. The van der Waals surface area contributed by atoms with Crippen molar-refractivity contribution in [2.45, 2.75) is 18.0 Å². The highest BCUT2D eigenvalue weighted by atomic mass is 35.5. The van der Waals surface area contributed by atoms with Crippen LogP contribution in [0.1, 0.15) is 12.6 Å². The molecular weight excluding hydrogens is 395 g/mol. The van der Waals surface area contributed by atoms with Gasteiger partial charge in [0.1, 0.15) is 16.4 Å². The summed E-state index contributed by atoms with van der Waals surface area (Å²) in [7, 11) is -2.20. The van der Waals surface area contributed by atoms with Crippen molar-refractivity contribution in [1.82, 2.24) is 24.7 Å². The van der Waals surface area contributed by atoms with E-state index in [1.54, 1.807) is 0 Å². The SMILES string of the molecule is CCS(=O)(=O)c1ccc(Cl)nc1-c1nc2cc(C(F)(F)F)nnc2n1C. The quantitative estimate of drug-likeness (QED) is 0.622. The van der Waals surface area contributed by atoms with E-state index in [1.807, 2.05) is 0 Å². The molecule has 26 heavy (non-hydrogen) atoms. The van der Waals surface area contributed by atoms with Crippen molar-refractivity contribution < 1.29 is 21.6 Å². The second-order valence-corrected chi connectivity index (χ2v) is 7.95. The van der Waals surface area contributed by atoms with Crippen molar-refractivity contribution in [1.29, 1.82) is 0 Å². The molecule has 0 bridgehead atoms. The number of hydrogen-bond donors (Lipinski definition) is 0. The molecule has 3 rings (SSSR count). The van der Waals surface area contributed by atoms with Crippen LogP contribution in [0.3, 0.4) is 0 Å². The van der Waals surface area contributed by atoms with Crippen LogP contribution in [0.15, 0.2) is 23.1 Å². The van der Waals surface area contributed by atoms with Gasteiger partial charge in [-0.2, -0.15) is 13.2 Å². The Morgan fingerprint density at radius 1 is 1.19 bits per heavy atom. The summed E-state index contributed by atoms with van der Waals surface area (Å²) in [5.74, 6) is -0.172. The summed E-state index contributed by atoms with van der Waals surface area (Å²) >= 11 is 5.88. The van der Waals surface area contributed by atoms with E-state index in [1.165, 1.54) is 30.7 Å². The van der Waals surface area contributed by atoms with Crippen LogP contribution in [-0.2, 0) is 23.1 Å². The van der Waals surface area contributed by atoms with Gasteiger partial charge < -0.3 is 4.57 Å². The summed E-state index contributed by atoms with van der Waals surface area (Å²) in [4.78, 5) is 7.98. The van der Waals surface area contributed by atoms with Crippen LogP contribution in [0.4, 0.5) is 13.2 Å². The molecule has 7 nitrogen and oxygen atoms in total. The first-order chi connectivity index (χ1) is 12.0. The normalized spacial score (nSPS) is 12.7. The minimum atomic E-state index is -4.68. The molecule has 0 N–H and O–H groups in total. The summed E-state index contributed by atoms with van der Waals surface area (Å²) in [5, 5.41) is 6.72. The molecule has 3 heterocycles. The van der Waals surface area contributed by atoms with Crippen molar-refractivity contribution in [3.63, 3.8) is 0 Å². The fourth-order valence-corrected chi connectivity index (χ4v) is 3.49. The molecule has 0 aromatic carbocycles. The van der Waals surface area contributed by atoms with E-state index in [0.717, 1.165) is 6.07 Å². The van der Waals surface area contributed by atoms with E-state index in [0.29, 0.717) is 0 Å². The fourth-order valence-electron chi connectivity index (χ4n) is 2.33. The summed E-state index contributed by atoms with van der Waals surface area (Å²) in [6, 6.07) is 3.35. The summed E-state index contributed by atoms with van der Waals surface area (Å²) in [5.41, 5.74) is -1.30. The lowest BCUT2D eigenvalue weighted by Gasteiger charge is -2.08. The molecule has 0 unspecified atom stereocenters. The zero-order valence-electron chi connectivity index (χ0n) is 13.4. The Kier molecular flexibility index (Phi) is 4.39. The summed E-state index contributed by atoms with van der Waals surface area (Å²) in [6.45, 7) is 1.46. The van der Waals surface area contributed by atoms with Gasteiger partial charge in [-0.3, -0.25) is 0 Å². The van der Waals surface area contributed by atoms with Gasteiger partial charge >= 0.3 is 6.18 Å². The predicted molar refractivity (Wildman–Crippen MR) is 87.3 cm³/mol. The minimum Gasteiger partial charge on any atom is -0.309 e. The maximum absolute atomic E-state index is 12.8. The Labute approximate surface area is 150 Å². The van der Waals surface area contributed by atoms with Crippen molar-refractivity contribution in [3.05, 3.63) is 29.0 Å². The van der Waals surface area contributed by atoms with Crippen molar-refractivity contribution in [2.75, 3.05) is 5.75 Å². The molecule has 0 amide bonds. The second kappa shape index (κ2) is 6.16. The van der Waals surface area contributed by atoms with Gasteiger partial charge in [0.15, 0.2) is 27.0 Å². The molecule has 3 aromatic rings. The molecule has 0 aliphatic rings. The van der Waals surface area contributed by atoms with Crippen molar-refractivity contribution in [2.24, 2.45) is 7.05 Å². The standard InChI is InChI=1S/C14H11ClF3N5O2S/c1-3-26(24,25)8-4-5-10(15)20-11(8)13-19-7-6-9(14(16,17)18)21-22-12(7)23(13)2/h4-6H,3H2,1-2H3. The molecule has 0 radical (unpaired) electrons. The molecule has 0 aliphatic heterocycles. The Balaban J connectivity index is 2.30. The molecule has 0 fully saturated rings. The molecule has 3 aromatic heterocycles. The molecule has 0 aliphatic carbocycles. The molecular formula is C14H11ClF3N5O2S. The third kappa shape index (κ3) is 3.12. The maximum atomic E-state index is 12.8. The number of aryl methyl sites for hydroxylation is 1. The first-order valence-corrected chi connectivity index (χ1v) is 9.24. The smallest absolute Gasteiger partial charge is 0.309 e. The van der Waals surface area contributed by atoms with Crippen molar-refractivity contribution in [3.8, 4) is 11.5 Å². The molecule has 0 saturated heterocycles. The topological polar surface area (TPSA) is 90.6 Å². The van der Waals surface area contributed by atoms with Gasteiger partial charge in [0.2, 0.25) is 0 Å². The molecule has 0 spiro atoms. The van der Waals surface area contributed by atoms with Crippen LogP contribution in [0.5, 0.6) is 0 Å².